The van der Waals surface area contributed by atoms with Crippen molar-refractivity contribution in [2.24, 2.45) is 0 Å². The van der Waals surface area contributed by atoms with Crippen LogP contribution in [-0.2, 0) is 10.5 Å². The standard InChI is InChI=1S/C11H14OS/c1-2-5-10(6-3-1)9-13-11-7-4-8-12-11/h1-3,5-6,11H,4,7-9H2. The summed E-state index contributed by atoms with van der Waals surface area (Å²) in [5.41, 5.74) is 1.84. The van der Waals surface area contributed by atoms with E-state index in [0.717, 1.165) is 12.4 Å². The molecule has 0 N–H and O–H groups in total. The number of thioether (sulfide) groups is 1. The second kappa shape index (κ2) is 4.68. The molecule has 2 heteroatoms. The zero-order valence-electron chi connectivity index (χ0n) is 7.61. The molecule has 70 valence electrons. The molecule has 1 atom stereocenters. The summed E-state index contributed by atoms with van der Waals surface area (Å²) in [5.74, 6) is 1.07. The highest BCUT2D eigenvalue weighted by molar-refractivity contribution is 7.99. The van der Waals surface area contributed by atoms with Crippen molar-refractivity contribution >= 4 is 11.8 Å². The van der Waals surface area contributed by atoms with Crippen molar-refractivity contribution in [3.05, 3.63) is 35.9 Å². The van der Waals surface area contributed by atoms with Gasteiger partial charge in [0.1, 0.15) is 5.44 Å². The van der Waals surface area contributed by atoms with E-state index in [0.29, 0.717) is 5.44 Å². The second-order valence-corrected chi connectivity index (χ2v) is 4.39. The first-order valence-electron chi connectivity index (χ1n) is 4.72. The van der Waals surface area contributed by atoms with Crippen LogP contribution in [0.15, 0.2) is 30.3 Å². The highest BCUT2D eigenvalue weighted by Crippen LogP contribution is 2.26. The summed E-state index contributed by atoms with van der Waals surface area (Å²) in [7, 11) is 0. The maximum absolute atomic E-state index is 5.54. The number of rotatable bonds is 3. The van der Waals surface area contributed by atoms with E-state index in [1.807, 2.05) is 11.8 Å². The molecule has 1 heterocycles. The van der Waals surface area contributed by atoms with Crippen LogP contribution >= 0.6 is 11.8 Å². The van der Waals surface area contributed by atoms with Gasteiger partial charge in [0.05, 0.1) is 0 Å². The van der Waals surface area contributed by atoms with Crippen LogP contribution in [0.4, 0.5) is 0 Å². The zero-order valence-corrected chi connectivity index (χ0v) is 8.43. The Morgan fingerprint density at radius 3 is 2.85 bits per heavy atom. The molecule has 2 rings (SSSR count). The molecular weight excluding hydrogens is 180 g/mol. The molecular formula is C11H14OS. The monoisotopic (exact) mass is 194 g/mol. The lowest BCUT2D eigenvalue weighted by Gasteiger charge is -2.08. The predicted molar refractivity (Wildman–Crippen MR) is 56.7 cm³/mol. The zero-order chi connectivity index (χ0) is 8.93. The fourth-order valence-electron chi connectivity index (χ4n) is 1.44. The molecule has 0 amide bonds. The molecule has 1 aliphatic rings. The Bertz CT molecular complexity index is 242. The van der Waals surface area contributed by atoms with E-state index in [1.165, 1.54) is 18.4 Å². The lowest BCUT2D eigenvalue weighted by Crippen LogP contribution is -1.98. The molecule has 1 fully saturated rings. The third kappa shape index (κ3) is 2.75. The fourth-order valence-corrected chi connectivity index (χ4v) is 2.54. The van der Waals surface area contributed by atoms with Gasteiger partial charge in [0.2, 0.25) is 0 Å². The summed E-state index contributed by atoms with van der Waals surface area (Å²) in [6.07, 6.45) is 2.45. The van der Waals surface area contributed by atoms with E-state index in [2.05, 4.69) is 30.3 Å². The summed E-state index contributed by atoms with van der Waals surface area (Å²) in [6.45, 7) is 0.951. The molecule has 0 radical (unpaired) electrons. The quantitative estimate of drug-likeness (QED) is 0.731. The van der Waals surface area contributed by atoms with E-state index >= 15 is 0 Å². The average molecular weight is 194 g/mol. The van der Waals surface area contributed by atoms with Gasteiger partial charge in [0.25, 0.3) is 0 Å². The molecule has 0 spiro atoms. The SMILES string of the molecule is c1ccc(CSC2CCCO2)cc1. The molecule has 1 aromatic rings. The molecule has 0 saturated carbocycles. The van der Waals surface area contributed by atoms with E-state index in [4.69, 9.17) is 4.74 Å². The summed E-state index contributed by atoms with van der Waals surface area (Å²) < 4.78 is 5.54. The van der Waals surface area contributed by atoms with Gasteiger partial charge in [-0.05, 0) is 18.4 Å². The van der Waals surface area contributed by atoms with E-state index in [9.17, 15) is 0 Å². The van der Waals surface area contributed by atoms with Crippen molar-refractivity contribution in [2.45, 2.75) is 24.0 Å². The van der Waals surface area contributed by atoms with Crippen molar-refractivity contribution < 1.29 is 4.74 Å². The molecule has 1 aliphatic heterocycles. The van der Waals surface area contributed by atoms with Crippen molar-refractivity contribution in [1.29, 1.82) is 0 Å². The minimum absolute atomic E-state index is 0.445. The summed E-state index contributed by atoms with van der Waals surface area (Å²) in [4.78, 5) is 0. The number of hydrogen-bond acceptors (Lipinski definition) is 2. The molecule has 0 aliphatic carbocycles. The first-order chi connectivity index (χ1) is 6.45. The van der Waals surface area contributed by atoms with E-state index in [1.54, 1.807) is 0 Å². The first-order valence-corrected chi connectivity index (χ1v) is 5.77. The van der Waals surface area contributed by atoms with Gasteiger partial charge in [0, 0.05) is 12.4 Å². The molecule has 1 unspecified atom stereocenters. The van der Waals surface area contributed by atoms with Crippen molar-refractivity contribution in [2.75, 3.05) is 6.61 Å². The van der Waals surface area contributed by atoms with Gasteiger partial charge < -0.3 is 4.74 Å². The minimum Gasteiger partial charge on any atom is -0.368 e. The topological polar surface area (TPSA) is 9.23 Å². The van der Waals surface area contributed by atoms with Crippen LogP contribution in [-0.4, -0.2) is 12.0 Å². The Morgan fingerprint density at radius 1 is 1.31 bits per heavy atom. The summed E-state index contributed by atoms with van der Waals surface area (Å²) in [5, 5.41) is 0. The van der Waals surface area contributed by atoms with Gasteiger partial charge in [-0.3, -0.25) is 0 Å². The molecule has 0 bridgehead atoms. The molecule has 13 heavy (non-hydrogen) atoms. The third-order valence-electron chi connectivity index (χ3n) is 2.17. The van der Waals surface area contributed by atoms with Crippen LogP contribution in [0.5, 0.6) is 0 Å². The number of benzene rings is 1. The highest BCUT2D eigenvalue weighted by atomic mass is 32.2. The molecule has 1 nitrogen and oxygen atoms in total. The largest absolute Gasteiger partial charge is 0.368 e. The molecule has 0 aromatic heterocycles. The molecule has 1 aromatic carbocycles. The fraction of sp³-hybridized carbons (Fsp3) is 0.455. The molecule has 1 saturated heterocycles. The van der Waals surface area contributed by atoms with Crippen LogP contribution in [0.1, 0.15) is 18.4 Å². The Morgan fingerprint density at radius 2 is 2.15 bits per heavy atom. The van der Waals surface area contributed by atoms with E-state index < -0.39 is 0 Å². The van der Waals surface area contributed by atoms with Crippen LogP contribution in [0, 0.1) is 0 Å². The average Bonchev–Trinajstić information content (AvgIpc) is 2.69. The maximum Gasteiger partial charge on any atom is 0.103 e. The van der Waals surface area contributed by atoms with Crippen LogP contribution in [0.3, 0.4) is 0 Å². The minimum atomic E-state index is 0.445. The highest BCUT2D eigenvalue weighted by Gasteiger charge is 2.15. The van der Waals surface area contributed by atoms with Crippen LogP contribution in [0.2, 0.25) is 0 Å². The lowest BCUT2D eigenvalue weighted by atomic mass is 10.2. The van der Waals surface area contributed by atoms with Crippen LogP contribution < -0.4 is 0 Å². The van der Waals surface area contributed by atoms with Gasteiger partial charge in [-0.2, -0.15) is 0 Å². The van der Waals surface area contributed by atoms with Gasteiger partial charge >= 0.3 is 0 Å². The van der Waals surface area contributed by atoms with Gasteiger partial charge in [-0.25, -0.2) is 0 Å². The van der Waals surface area contributed by atoms with Crippen LogP contribution in [0.25, 0.3) is 0 Å². The maximum atomic E-state index is 5.54. The third-order valence-corrected chi connectivity index (χ3v) is 3.41. The normalized spacial score (nSPS) is 22.0. The van der Waals surface area contributed by atoms with E-state index in [-0.39, 0.29) is 0 Å². The van der Waals surface area contributed by atoms with Gasteiger partial charge in [-0.1, -0.05) is 30.3 Å². The Balaban J connectivity index is 1.79. The predicted octanol–water partition coefficient (Wildman–Crippen LogP) is 3.06. The Kier molecular flexibility index (Phi) is 3.27. The Hall–Kier alpha value is -0.470. The summed E-state index contributed by atoms with van der Waals surface area (Å²) >= 11 is 1.91. The van der Waals surface area contributed by atoms with Crippen molar-refractivity contribution in [3.8, 4) is 0 Å². The first kappa shape index (κ1) is 9.10. The van der Waals surface area contributed by atoms with Crippen molar-refractivity contribution in [1.82, 2.24) is 0 Å². The smallest absolute Gasteiger partial charge is 0.103 e. The Labute approximate surface area is 83.5 Å². The van der Waals surface area contributed by atoms with Crippen molar-refractivity contribution in [3.63, 3.8) is 0 Å². The summed E-state index contributed by atoms with van der Waals surface area (Å²) in [6, 6.07) is 10.6. The second-order valence-electron chi connectivity index (χ2n) is 3.24. The number of ether oxygens (including phenoxy) is 1. The number of hydrogen-bond donors (Lipinski definition) is 0. The lowest BCUT2D eigenvalue weighted by molar-refractivity contribution is 0.173. The van der Waals surface area contributed by atoms with Gasteiger partial charge in [0.15, 0.2) is 0 Å². The van der Waals surface area contributed by atoms with Gasteiger partial charge in [-0.15, -0.1) is 11.8 Å².